The van der Waals surface area contributed by atoms with Gasteiger partial charge < -0.3 is 4.42 Å². The van der Waals surface area contributed by atoms with Gasteiger partial charge >= 0.3 is 0 Å². The first-order chi connectivity index (χ1) is 9.36. The molecule has 1 aliphatic heterocycles. The van der Waals surface area contributed by atoms with Crippen LogP contribution in [-0.4, -0.2) is 49.8 Å². The van der Waals surface area contributed by atoms with Crippen LogP contribution in [0.3, 0.4) is 0 Å². The number of nitrogens with zero attached hydrogens (tertiary/aromatic N) is 2. The molecule has 1 saturated heterocycles. The number of aryl methyl sites for hydroxylation is 1. The van der Waals surface area contributed by atoms with Gasteiger partial charge in [-0.2, -0.15) is 4.31 Å². The highest BCUT2D eigenvalue weighted by atomic mass is 35.5. The van der Waals surface area contributed by atoms with Crippen molar-refractivity contribution in [3.63, 3.8) is 0 Å². The number of furan rings is 1. The Hall–Kier alpha value is -0.560. The van der Waals surface area contributed by atoms with E-state index in [1.807, 2.05) is 0 Å². The average molecular weight is 321 g/mol. The third-order valence-electron chi connectivity index (χ3n) is 3.68. The van der Waals surface area contributed by atoms with Gasteiger partial charge in [-0.05, 0) is 20.8 Å². The van der Waals surface area contributed by atoms with E-state index in [0.29, 0.717) is 30.7 Å². The maximum atomic E-state index is 12.6. The second-order valence-corrected chi connectivity index (χ2v) is 7.47. The molecule has 0 aromatic carbocycles. The fourth-order valence-electron chi connectivity index (χ4n) is 2.45. The van der Waals surface area contributed by atoms with Gasteiger partial charge in [0.2, 0.25) is 10.0 Å². The lowest BCUT2D eigenvalue weighted by Gasteiger charge is -2.36. The van der Waals surface area contributed by atoms with Crippen LogP contribution in [0.4, 0.5) is 0 Å². The second-order valence-electron chi connectivity index (χ2n) is 5.30. The van der Waals surface area contributed by atoms with Gasteiger partial charge in [-0.25, -0.2) is 8.42 Å². The Bertz CT molecular complexity index is 560. The number of rotatable bonds is 4. The number of piperazine rings is 1. The van der Waals surface area contributed by atoms with E-state index < -0.39 is 10.0 Å². The zero-order valence-corrected chi connectivity index (χ0v) is 13.7. The van der Waals surface area contributed by atoms with Crippen LogP contribution < -0.4 is 0 Å². The van der Waals surface area contributed by atoms with Crippen LogP contribution in [0.1, 0.15) is 25.4 Å². The molecule has 0 unspecified atom stereocenters. The predicted octanol–water partition coefficient (Wildman–Crippen LogP) is 2.04. The molecule has 0 radical (unpaired) electrons. The lowest BCUT2D eigenvalue weighted by molar-refractivity contribution is 0.154. The van der Waals surface area contributed by atoms with Crippen LogP contribution >= 0.6 is 11.6 Å². The Balaban J connectivity index is 2.17. The molecule has 1 aromatic rings. The minimum Gasteiger partial charge on any atom is -0.464 e. The standard InChI is InChI=1S/C13H21ClN2O3S/c1-10(2)15-4-6-16(7-5-15)20(17,18)13-8-12(9-14)19-11(13)3/h8,10H,4-7,9H2,1-3H3. The quantitative estimate of drug-likeness (QED) is 0.797. The fourth-order valence-corrected chi connectivity index (χ4v) is 4.18. The van der Waals surface area contributed by atoms with Gasteiger partial charge in [0.15, 0.2) is 0 Å². The second kappa shape index (κ2) is 6.05. The number of alkyl halides is 1. The van der Waals surface area contributed by atoms with Crippen molar-refractivity contribution in [2.75, 3.05) is 26.2 Å². The van der Waals surface area contributed by atoms with Crippen LogP contribution in [0.2, 0.25) is 0 Å². The first-order valence-electron chi connectivity index (χ1n) is 6.75. The molecule has 2 heterocycles. The molecule has 0 atom stereocenters. The first kappa shape index (κ1) is 15.8. The van der Waals surface area contributed by atoms with E-state index in [1.165, 1.54) is 10.4 Å². The highest BCUT2D eigenvalue weighted by Crippen LogP contribution is 2.25. The van der Waals surface area contributed by atoms with Crippen molar-refractivity contribution < 1.29 is 12.8 Å². The summed E-state index contributed by atoms with van der Waals surface area (Å²) in [6.45, 7) is 8.45. The lowest BCUT2D eigenvalue weighted by atomic mass is 10.3. The van der Waals surface area contributed by atoms with Crippen LogP contribution in [0, 0.1) is 6.92 Å². The molecule has 0 aliphatic carbocycles. The summed E-state index contributed by atoms with van der Waals surface area (Å²) in [5.41, 5.74) is 0. The average Bonchev–Trinajstić information content (AvgIpc) is 2.81. The Labute approximate surface area is 125 Å². The molecule has 114 valence electrons. The first-order valence-corrected chi connectivity index (χ1v) is 8.73. The van der Waals surface area contributed by atoms with E-state index in [2.05, 4.69) is 18.7 Å². The molecule has 1 aliphatic rings. The van der Waals surface area contributed by atoms with Gasteiger partial charge in [0.05, 0.1) is 5.88 Å². The molecular formula is C13H21ClN2O3S. The number of hydrogen-bond acceptors (Lipinski definition) is 4. The largest absolute Gasteiger partial charge is 0.464 e. The lowest BCUT2D eigenvalue weighted by Crippen LogP contribution is -2.50. The Morgan fingerprint density at radius 1 is 1.30 bits per heavy atom. The summed E-state index contributed by atoms with van der Waals surface area (Å²) in [5.74, 6) is 1.08. The van der Waals surface area contributed by atoms with E-state index >= 15 is 0 Å². The monoisotopic (exact) mass is 320 g/mol. The van der Waals surface area contributed by atoms with Crippen molar-refractivity contribution in [3.05, 3.63) is 17.6 Å². The molecule has 2 rings (SSSR count). The maximum absolute atomic E-state index is 12.6. The van der Waals surface area contributed by atoms with Gasteiger partial charge in [0, 0.05) is 38.3 Å². The topological polar surface area (TPSA) is 53.8 Å². The van der Waals surface area contributed by atoms with Crippen molar-refractivity contribution >= 4 is 21.6 Å². The summed E-state index contributed by atoms with van der Waals surface area (Å²) in [4.78, 5) is 2.52. The van der Waals surface area contributed by atoms with Gasteiger partial charge in [0.25, 0.3) is 0 Å². The molecule has 0 bridgehead atoms. The van der Waals surface area contributed by atoms with Crippen molar-refractivity contribution in [2.24, 2.45) is 0 Å². The van der Waals surface area contributed by atoms with Gasteiger partial charge in [-0.1, -0.05) is 0 Å². The molecule has 1 fully saturated rings. The normalized spacial score (nSPS) is 18.9. The molecular weight excluding hydrogens is 300 g/mol. The predicted molar refractivity (Wildman–Crippen MR) is 78.5 cm³/mol. The molecule has 0 amide bonds. The van der Waals surface area contributed by atoms with Gasteiger partial charge in [-0.15, -0.1) is 11.6 Å². The molecule has 0 spiro atoms. The summed E-state index contributed by atoms with van der Waals surface area (Å²) in [7, 11) is -3.48. The van der Waals surface area contributed by atoms with Crippen LogP contribution in [0.5, 0.6) is 0 Å². The summed E-state index contributed by atoms with van der Waals surface area (Å²) in [6.07, 6.45) is 0. The number of halogens is 1. The van der Waals surface area contributed by atoms with E-state index in [4.69, 9.17) is 16.0 Å². The molecule has 1 aromatic heterocycles. The van der Waals surface area contributed by atoms with Gasteiger partial charge in [0.1, 0.15) is 16.4 Å². The Morgan fingerprint density at radius 2 is 1.90 bits per heavy atom. The maximum Gasteiger partial charge on any atom is 0.246 e. The highest BCUT2D eigenvalue weighted by Gasteiger charge is 2.31. The smallest absolute Gasteiger partial charge is 0.246 e. The van der Waals surface area contributed by atoms with Crippen molar-refractivity contribution in [3.8, 4) is 0 Å². The highest BCUT2D eigenvalue weighted by molar-refractivity contribution is 7.89. The van der Waals surface area contributed by atoms with Crippen molar-refractivity contribution in [2.45, 2.75) is 37.6 Å². The zero-order valence-electron chi connectivity index (χ0n) is 12.1. The molecule has 5 nitrogen and oxygen atoms in total. The SMILES string of the molecule is Cc1oc(CCl)cc1S(=O)(=O)N1CCN(C(C)C)CC1. The summed E-state index contributed by atoms with van der Waals surface area (Å²) >= 11 is 5.69. The van der Waals surface area contributed by atoms with Crippen LogP contribution in [-0.2, 0) is 15.9 Å². The van der Waals surface area contributed by atoms with E-state index in [0.717, 1.165) is 13.1 Å². The van der Waals surface area contributed by atoms with Crippen molar-refractivity contribution in [1.29, 1.82) is 0 Å². The van der Waals surface area contributed by atoms with Crippen molar-refractivity contribution in [1.82, 2.24) is 9.21 Å². The molecule has 7 heteroatoms. The van der Waals surface area contributed by atoms with Crippen LogP contribution in [0.15, 0.2) is 15.4 Å². The Morgan fingerprint density at radius 3 is 2.35 bits per heavy atom. The fraction of sp³-hybridized carbons (Fsp3) is 0.692. The molecule has 0 saturated carbocycles. The zero-order chi connectivity index (χ0) is 14.9. The minimum atomic E-state index is -3.48. The number of sulfonamides is 1. The Kier molecular flexibility index (Phi) is 4.79. The molecule has 0 N–H and O–H groups in total. The number of hydrogen-bond donors (Lipinski definition) is 0. The third kappa shape index (κ3) is 3.03. The third-order valence-corrected chi connectivity index (χ3v) is 5.95. The summed E-state index contributed by atoms with van der Waals surface area (Å²) in [6, 6.07) is 1.98. The van der Waals surface area contributed by atoms with E-state index in [9.17, 15) is 8.42 Å². The minimum absolute atomic E-state index is 0.178. The van der Waals surface area contributed by atoms with Gasteiger partial charge in [-0.3, -0.25) is 4.90 Å². The molecule has 20 heavy (non-hydrogen) atoms. The van der Waals surface area contributed by atoms with Crippen LogP contribution in [0.25, 0.3) is 0 Å². The van der Waals surface area contributed by atoms with E-state index in [-0.39, 0.29) is 10.8 Å². The summed E-state index contributed by atoms with van der Waals surface area (Å²) in [5, 5.41) is 0. The summed E-state index contributed by atoms with van der Waals surface area (Å²) < 4.78 is 32.1. The van der Waals surface area contributed by atoms with E-state index in [1.54, 1.807) is 6.92 Å².